The summed E-state index contributed by atoms with van der Waals surface area (Å²) < 4.78 is 31.5. The smallest absolute Gasteiger partial charge is 0.273 e. The van der Waals surface area contributed by atoms with Gasteiger partial charge in [-0.25, -0.2) is 13.8 Å². The number of oxazole rings is 1. The molecule has 1 aromatic heterocycles. The Morgan fingerprint density at radius 2 is 2.23 bits per heavy atom. The summed E-state index contributed by atoms with van der Waals surface area (Å²) in [6.07, 6.45) is 0.186. The number of amides is 1. The van der Waals surface area contributed by atoms with Crippen LogP contribution in [0.5, 0.6) is 0 Å². The second-order valence-corrected chi connectivity index (χ2v) is 4.76. The van der Waals surface area contributed by atoms with E-state index >= 15 is 0 Å². The molecule has 0 radical (unpaired) electrons. The summed E-state index contributed by atoms with van der Waals surface area (Å²) in [5.41, 5.74) is 5.57. The van der Waals surface area contributed by atoms with Gasteiger partial charge in [-0.3, -0.25) is 4.79 Å². The summed E-state index contributed by atoms with van der Waals surface area (Å²) in [6.45, 7) is 1.26. The first-order valence-electron chi connectivity index (χ1n) is 6.49. The molecule has 0 saturated heterocycles. The summed E-state index contributed by atoms with van der Waals surface area (Å²) in [4.78, 5) is 15.7. The van der Waals surface area contributed by atoms with E-state index in [0.717, 1.165) is 24.5 Å². The number of benzene rings is 1. The number of aromatic nitrogens is 1. The van der Waals surface area contributed by atoms with Crippen LogP contribution in [-0.4, -0.2) is 22.1 Å². The molecular weight excluding hydrogens is 296 g/mol. The van der Waals surface area contributed by atoms with Gasteiger partial charge in [-0.15, -0.1) is 0 Å². The SMILES string of the molecule is CC(O)C(N)c1nc(C(=O)NCc2cc(F)ccc2F)co1. The van der Waals surface area contributed by atoms with Crippen LogP contribution in [0.15, 0.2) is 28.9 Å². The van der Waals surface area contributed by atoms with E-state index in [1.54, 1.807) is 0 Å². The first kappa shape index (κ1) is 16.1. The third-order valence-electron chi connectivity index (χ3n) is 3.01. The van der Waals surface area contributed by atoms with Crippen LogP contribution >= 0.6 is 0 Å². The highest BCUT2D eigenvalue weighted by molar-refractivity contribution is 5.91. The van der Waals surface area contributed by atoms with Crippen LogP contribution in [0.25, 0.3) is 0 Å². The van der Waals surface area contributed by atoms with Crippen molar-refractivity contribution in [2.24, 2.45) is 5.73 Å². The van der Waals surface area contributed by atoms with Crippen LogP contribution < -0.4 is 11.1 Å². The van der Waals surface area contributed by atoms with Gasteiger partial charge < -0.3 is 20.6 Å². The molecule has 2 atom stereocenters. The molecule has 1 aromatic carbocycles. The Hall–Kier alpha value is -2.32. The normalized spacial score (nSPS) is 13.7. The van der Waals surface area contributed by atoms with E-state index < -0.39 is 29.7 Å². The van der Waals surface area contributed by atoms with E-state index in [1.807, 2.05) is 0 Å². The first-order valence-corrected chi connectivity index (χ1v) is 6.49. The Kier molecular flexibility index (Phi) is 4.84. The zero-order chi connectivity index (χ0) is 16.3. The molecule has 1 heterocycles. The number of carbonyl (C=O) groups is 1. The average Bonchev–Trinajstić information content (AvgIpc) is 2.96. The Morgan fingerprint density at radius 1 is 1.50 bits per heavy atom. The standard InChI is InChI=1S/C14H15F2N3O3/c1-7(20)12(17)14-19-11(6-22-14)13(21)18-5-8-4-9(15)2-3-10(8)16/h2-4,6-7,12,20H,5,17H2,1H3,(H,18,21). The molecule has 0 fully saturated rings. The van der Waals surface area contributed by atoms with Crippen molar-refractivity contribution in [3.05, 3.63) is 53.2 Å². The lowest BCUT2D eigenvalue weighted by Crippen LogP contribution is -2.25. The van der Waals surface area contributed by atoms with Crippen LogP contribution in [0.1, 0.15) is 34.9 Å². The molecule has 0 spiro atoms. The zero-order valence-corrected chi connectivity index (χ0v) is 11.7. The van der Waals surface area contributed by atoms with Crippen LogP contribution in [0.3, 0.4) is 0 Å². The van der Waals surface area contributed by atoms with Crippen molar-refractivity contribution >= 4 is 5.91 Å². The molecule has 0 bridgehead atoms. The van der Waals surface area contributed by atoms with Gasteiger partial charge in [0.1, 0.15) is 23.9 Å². The Balaban J connectivity index is 2.02. The minimum atomic E-state index is -0.893. The first-order chi connectivity index (χ1) is 10.4. The molecule has 22 heavy (non-hydrogen) atoms. The van der Waals surface area contributed by atoms with E-state index in [9.17, 15) is 18.7 Å². The predicted molar refractivity (Wildman–Crippen MR) is 72.6 cm³/mol. The molecule has 2 unspecified atom stereocenters. The van der Waals surface area contributed by atoms with Crippen LogP contribution in [0.4, 0.5) is 8.78 Å². The number of nitrogens with zero attached hydrogens (tertiary/aromatic N) is 1. The highest BCUT2D eigenvalue weighted by Gasteiger charge is 2.20. The number of carbonyl (C=O) groups excluding carboxylic acids is 1. The van der Waals surface area contributed by atoms with Crippen LogP contribution in [0.2, 0.25) is 0 Å². The molecule has 2 rings (SSSR count). The fourth-order valence-electron chi connectivity index (χ4n) is 1.70. The Bertz CT molecular complexity index is 673. The third-order valence-corrected chi connectivity index (χ3v) is 3.01. The number of halogens is 2. The fourth-order valence-corrected chi connectivity index (χ4v) is 1.70. The number of aliphatic hydroxyl groups is 1. The third kappa shape index (κ3) is 3.66. The van der Waals surface area contributed by atoms with Crippen molar-refractivity contribution in [3.63, 3.8) is 0 Å². The van der Waals surface area contributed by atoms with E-state index in [2.05, 4.69) is 10.3 Å². The number of rotatable bonds is 5. The highest BCUT2D eigenvalue weighted by atomic mass is 19.1. The summed E-state index contributed by atoms with van der Waals surface area (Å²) in [7, 11) is 0. The predicted octanol–water partition coefficient (Wildman–Crippen LogP) is 1.26. The summed E-state index contributed by atoms with van der Waals surface area (Å²) in [6, 6.07) is 2.10. The van der Waals surface area contributed by atoms with E-state index in [0.29, 0.717) is 0 Å². The molecule has 2 aromatic rings. The molecule has 0 aliphatic carbocycles. The number of nitrogens with one attached hydrogen (secondary N) is 1. The molecule has 8 heteroatoms. The second kappa shape index (κ2) is 6.63. The molecule has 118 valence electrons. The van der Waals surface area contributed by atoms with Gasteiger partial charge in [-0.05, 0) is 25.1 Å². The van der Waals surface area contributed by atoms with Gasteiger partial charge in [0, 0.05) is 12.1 Å². The molecule has 1 amide bonds. The monoisotopic (exact) mass is 311 g/mol. The van der Waals surface area contributed by atoms with Gasteiger partial charge in [0.05, 0.1) is 6.10 Å². The summed E-state index contributed by atoms with van der Waals surface area (Å²) in [5.74, 6) is -1.84. The maximum absolute atomic E-state index is 13.4. The van der Waals surface area contributed by atoms with Gasteiger partial charge in [0.2, 0.25) is 5.89 Å². The largest absolute Gasteiger partial charge is 0.446 e. The van der Waals surface area contributed by atoms with Crippen molar-refractivity contribution in [2.45, 2.75) is 25.6 Å². The highest BCUT2D eigenvalue weighted by Crippen LogP contribution is 2.14. The van der Waals surface area contributed by atoms with E-state index in [-0.39, 0.29) is 23.7 Å². The molecule has 6 nitrogen and oxygen atoms in total. The van der Waals surface area contributed by atoms with Crippen molar-refractivity contribution in [3.8, 4) is 0 Å². The number of nitrogens with two attached hydrogens (primary N) is 1. The Labute approximate surface area is 125 Å². The zero-order valence-electron chi connectivity index (χ0n) is 11.7. The lowest BCUT2D eigenvalue weighted by atomic mass is 10.2. The number of hydrogen-bond acceptors (Lipinski definition) is 5. The lowest BCUT2D eigenvalue weighted by Gasteiger charge is -2.09. The maximum Gasteiger partial charge on any atom is 0.273 e. The van der Waals surface area contributed by atoms with Crippen LogP contribution in [0, 0.1) is 11.6 Å². The van der Waals surface area contributed by atoms with E-state index in [4.69, 9.17) is 10.2 Å². The topological polar surface area (TPSA) is 101 Å². The van der Waals surface area contributed by atoms with Gasteiger partial charge in [0.25, 0.3) is 5.91 Å². The van der Waals surface area contributed by atoms with Crippen LogP contribution in [-0.2, 0) is 6.54 Å². The summed E-state index contributed by atoms with van der Waals surface area (Å²) >= 11 is 0. The summed E-state index contributed by atoms with van der Waals surface area (Å²) in [5, 5.41) is 11.7. The second-order valence-electron chi connectivity index (χ2n) is 4.76. The van der Waals surface area contributed by atoms with Crippen molar-refractivity contribution in [2.75, 3.05) is 0 Å². The molecule has 0 saturated carbocycles. The van der Waals surface area contributed by atoms with Crippen molar-refractivity contribution < 1.29 is 23.1 Å². The fraction of sp³-hybridized carbons (Fsp3) is 0.286. The minimum absolute atomic E-state index is 0.0112. The maximum atomic E-state index is 13.4. The minimum Gasteiger partial charge on any atom is -0.446 e. The number of hydrogen-bond donors (Lipinski definition) is 3. The van der Waals surface area contributed by atoms with Gasteiger partial charge in [-0.1, -0.05) is 0 Å². The Morgan fingerprint density at radius 3 is 2.91 bits per heavy atom. The van der Waals surface area contributed by atoms with Gasteiger partial charge in [0.15, 0.2) is 5.69 Å². The van der Waals surface area contributed by atoms with E-state index in [1.165, 1.54) is 6.92 Å². The quantitative estimate of drug-likeness (QED) is 0.772. The molecular formula is C14H15F2N3O3. The molecule has 0 aliphatic rings. The lowest BCUT2D eigenvalue weighted by molar-refractivity contribution is 0.0945. The molecule has 4 N–H and O–H groups in total. The molecule has 0 aliphatic heterocycles. The number of aliphatic hydroxyl groups excluding tert-OH is 1. The van der Waals surface area contributed by atoms with Crippen molar-refractivity contribution in [1.82, 2.24) is 10.3 Å². The van der Waals surface area contributed by atoms with Crippen molar-refractivity contribution in [1.29, 1.82) is 0 Å². The average molecular weight is 311 g/mol. The van der Waals surface area contributed by atoms with Gasteiger partial charge >= 0.3 is 0 Å². The van der Waals surface area contributed by atoms with Gasteiger partial charge in [-0.2, -0.15) is 0 Å².